The Bertz CT molecular complexity index is 270. The van der Waals surface area contributed by atoms with Crippen LogP contribution in [0.3, 0.4) is 0 Å². The summed E-state index contributed by atoms with van der Waals surface area (Å²) in [5, 5.41) is 0.753. The van der Waals surface area contributed by atoms with Crippen molar-refractivity contribution in [3.63, 3.8) is 0 Å². The zero-order valence-electron chi connectivity index (χ0n) is 8.69. The molecule has 0 saturated carbocycles. The molecule has 0 aromatic carbocycles. The van der Waals surface area contributed by atoms with Crippen molar-refractivity contribution in [3.05, 3.63) is 6.08 Å². The zero-order chi connectivity index (χ0) is 11.7. The van der Waals surface area contributed by atoms with Crippen LogP contribution in [0.2, 0.25) is 0 Å². The third kappa shape index (κ3) is 5.61. The fraction of sp³-hybridized carbons (Fsp3) is 0.556. The summed E-state index contributed by atoms with van der Waals surface area (Å²) in [4.78, 5) is 37.0. The fourth-order valence-electron chi connectivity index (χ4n) is 0.789. The largest absolute Gasteiger partial charge is 0.465 e. The van der Waals surface area contributed by atoms with Gasteiger partial charge in [0.2, 0.25) is 0 Å². The van der Waals surface area contributed by atoms with Gasteiger partial charge >= 0.3 is 5.97 Å². The second kappa shape index (κ2) is 7.73. The molecule has 0 heterocycles. The lowest BCUT2D eigenvalue weighted by molar-refractivity contribution is -0.187. The number of ether oxygens (including phenoxy) is 1. The molecule has 15 heavy (non-hydrogen) atoms. The second-order valence-electron chi connectivity index (χ2n) is 2.36. The summed E-state index contributed by atoms with van der Waals surface area (Å²) in [6, 6.07) is 0. The molecule has 0 spiro atoms. The van der Waals surface area contributed by atoms with Crippen molar-refractivity contribution in [3.8, 4) is 0 Å². The van der Waals surface area contributed by atoms with Gasteiger partial charge in [0, 0.05) is 0 Å². The Labute approximate surface area is 87.4 Å². The van der Waals surface area contributed by atoms with E-state index in [9.17, 15) is 14.4 Å². The number of carbonyl (C=O) groups is 2. The summed E-state index contributed by atoms with van der Waals surface area (Å²) in [6.07, 6.45) is 0.648. The molecule has 84 valence electrons. The first-order valence-corrected chi connectivity index (χ1v) is 4.46. The Balaban J connectivity index is 4.32. The van der Waals surface area contributed by atoms with E-state index in [4.69, 9.17) is 4.84 Å². The van der Waals surface area contributed by atoms with Gasteiger partial charge in [-0.1, -0.05) is 0 Å². The van der Waals surface area contributed by atoms with Gasteiger partial charge < -0.3 is 4.74 Å². The summed E-state index contributed by atoms with van der Waals surface area (Å²) >= 11 is 0. The Morgan fingerprint density at radius 2 is 2.00 bits per heavy atom. The number of hydroxylamine groups is 2. The molecule has 0 aliphatic heterocycles. The average molecular weight is 215 g/mol. The van der Waals surface area contributed by atoms with Crippen LogP contribution in [0.25, 0.3) is 0 Å². The molecule has 0 fully saturated rings. The molecule has 0 rings (SSSR count). The maximum atomic E-state index is 11.1. The number of rotatable bonds is 6. The molecule has 0 aliphatic rings. The second-order valence-corrected chi connectivity index (χ2v) is 2.36. The first-order valence-electron chi connectivity index (χ1n) is 4.46. The summed E-state index contributed by atoms with van der Waals surface area (Å²) in [5.41, 5.74) is 0. The summed E-state index contributed by atoms with van der Waals surface area (Å²) in [7, 11) is 0. The van der Waals surface area contributed by atoms with Gasteiger partial charge in [-0.15, -0.1) is 0 Å². The van der Waals surface area contributed by atoms with E-state index in [-0.39, 0.29) is 19.8 Å². The summed E-state index contributed by atoms with van der Waals surface area (Å²) in [6.45, 7) is 3.37. The van der Waals surface area contributed by atoms with Crippen molar-refractivity contribution >= 4 is 17.8 Å². The minimum absolute atomic E-state index is 0.206. The van der Waals surface area contributed by atoms with Crippen LogP contribution in [0.1, 0.15) is 13.8 Å². The van der Waals surface area contributed by atoms with Gasteiger partial charge in [0.1, 0.15) is 12.5 Å². The van der Waals surface area contributed by atoms with Crippen LogP contribution in [0.15, 0.2) is 6.08 Å². The van der Waals surface area contributed by atoms with E-state index in [1.165, 1.54) is 5.94 Å². The fourth-order valence-corrected chi connectivity index (χ4v) is 0.789. The Morgan fingerprint density at radius 1 is 1.33 bits per heavy atom. The van der Waals surface area contributed by atoms with Crippen LogP contribution < -0.4 is 0 Å². The topological polar surface area (TPSA) is 72.9 Å². The van der Waals surface area contributed by atoms with E-state index >= 15 is 0 Å². The molecule has 0 atom stereocenters. The molecular weight excluding hydrogens is 202 g/mol. The van der Waals surface area contributed by atoms with E-state index in [0.29, 0.717) is 6.08 Å². The highest BCUT2D eigenvalue weighted by molar-refractivity contribution is 5.95. The highest BCUT2D eigenvalue weighted by Gasteiger charge is 2.16. The van der Waals surface area contributed by atoms with Crippen molar-refractivity contribution in [2.45, 2.75) is 13.8 Å². The van der Waals surface area contributed by atoms with Gasteiger partial charge in [0.25, 0.3) is 5.91 Å². The number of nitrogens with zero attached hydrogens (tertiary/aromatic N) is 1. The normalized spacial score (nSPS) is 8.93. The molecule has 1 amide bonds. The van der Waals surface area contributed by atoms with E-state index < -0.39 is 11.9 Å². The van der Waals surface area contributed by atoms with E-state index in [1.54, 1.807) is 13.8 Å². The van der Waals surface area contributed by atoms with E-state index in [0.717, 1.165) is 5.06 Å². The van der Waals surface area contributed by atoms with Crippen LogP contribution in [0, 0.1) is 0 Å². The Kier molecular flexibility index (Phi) is 6.88. The molecule has 0 aromatic rings. The van der Waals surface area contributed by atoms with Crippen molar-refractivity contribution in [1.82, 2.24) is 5.06 Å². The zero-order valence-corrected chi connectivity index (χ0v) is 8.69. The highest BCUT2D eigenvalue weighted by Crippen LogP contribution is 1.94. The number of amides is 1. The molecule has 0 N–H and O–H groups in total. The van der Waals surface area contributed by atoms with Crippen LogP contribution in [-0.2, 0) is 24.0 Å². The SMILES string of the molecule is CCOC(=O)CN(OCC)C(=O)C=C=O. The monoisotopic (exact) mass is 215 g/mol. The smallest absolute Gasteiger partial charge is 0.328 e. The highest BCUT2D eigenvalue weighted by atomic mass is 16.7. The van der Waals surface area contributed by atoms with E-state index in [1.807, 2.05) is 0 Å². The lowest BCUT2D eigenvalue weighted by Gasteiger charge is -2.17. The maximum absolute atomic E-state index is 11.1. The molecule has 0 aliphatic carbocycles. The first-order chi connectivity index (χ1) is 7.15. The van der Waals surface area contributed by atoms with Gasteiger partial charge in [-0.25, -0.2) is 9.86 Å². The van der Waals surface area contributed by atoms with Gasteiger partial charge in [0.05, 0.1) is 19.3 Å². The van der Waals surface area contributed by atoms with E-state index in [2.05, 4.69) is 4.74 Å². The lowest BCUT2D eigenvalue weighted by atomic mass is 10.5. The Hall–Kier alpha value is -1.65. The number of carbonyl (C=O) groups excluding carboxylic acids is 3. The minimum atomic E-state index is -0.736. The molecule has 6 heteroatoms. The lowest BCUT2D eigenvalue weighted by Crippen LogP contribution is -2.35. The van der Waals surface area contributed by atoms with Crippen molar-refractivity contribution in [2.75, 3.05) is 19.8 Å². The van der Waals surface area contributed by atoms with Crippen LogP contribution in [0.4, 0.5) is 0 Å². The van der Waals surface area contributed by atoms with Crippen molar-refractivity contribution in [2.24, 2.45) is 0 Å². The predicted molar refractivity (Wildman–Crippen MR) is 50.2 cm³/mol. The minimum Gasteiger partial charge on any atom is -0.465 e. The predicted octanol–water partition coefficient (Wildman–Crippen LogP) is -0.283. The number of hydrogen-bond donors (Lipinski definition) is 0. The molecule has 0 saturated heterocycles. The molecule has 0 aromatic heterocycles. The third-order valence-corrected chi connectivity index (χ3v) is 1.29. The number of esters is 1. The van der Waals surface area contributed by atoms with Gasteiger partial charge in [-0.3, -0.25) is 14.4 Å². The van der Waals surface area contributed by atoms with Gasteiger partial charge in [-0.2, -0.15) is 0 Å². The average Bonchev–Trinajstić information content (AvgIpc) is 2.18. The van der Waals surface area contributed by atoms with Crippen molar-refractivity contribution < 1.29 is 24.0 Å². The number of hydrogen-bond acceptors (Lipinski definition) is 5. The maximum Gasteiger partial charge on any atom is 0.328 e. The molecule has 0 unspecified atom stereocenters. The molecule has 0 radical (unpaired) electrons. The van der Waals surface area contributed by atoms with Crippen LogP contribution >= 0.6 is 0 Å². The standard InChI is InChI=1S/C9H13NO5/c1-3-14-9(13)7-10(15-4-2)8(12)5-6-11/h5H,3-4,7H2,1-2H3. The quantitative estimate of drug-likeness (QED) is 0.263. The van der Waals surface area contributed by atoms with Gasteiger partial charge in [-0.05, 0) is 13.8 Å². The molecular formula is C9H13NO5. The molecule has 6 nitrogen and oxygen atoms in total. The van der Waals surface area contributed by atoms with Crippen LogP contribution in [-0.4, -0.2) is 42.6 Å². The van der Waals surface area contributed by atoms with Gasteiger partial charge in [0.15, 0.2) is 0 Å². The Morgan fingerprint density at radius 3 is 2.47 bits per heavy atom. The van der Waals surface area contributed by atoms with Crippen LogP contribution in [0.5, 0.6) is 0 Å². The molecule has 0 bridgehead atoms. The summed E-state index contributed by atoms with van der Waals surface area (Å²) < 4.78 is 4.62. The third-order valence-electron chi connectivity index (χ3n) is 1.29. The summed E-state index contributed by atoms with van der Waals surface area (Å²) in [5.74, 6) is -0.0214. The first kappa shape index (κ1) is 13.4. The van der Waals surface area contributed by atoms with Crippen molar-refractivity contribution in [1.29, 1.82) is 0 Å².